The molecule has 0 aromatic heterocycles. The molecule has 4 rings (SSSR count). The number of amides is 4. The van der Waals surface area contributed by atoms with Crippen molar-refractivity contribution in [3.05, 3.63) is 29.8 Å². The third kappa shape index (κ3) is 4.08. The predicted octanol–water partition coefficient (Wildman–Crippen LogP) is 0.663. The van der Waals surface area contributed by atoms with Crippen molar-refractivity contribution in [2.24, 2.45) is 11.7 Å². The Balaban J connectivity index is 1.43. The number of benzene rings is 1. The number of nitrogens with one attached hydrogen (secondary N) is 2. The summed E-state index contributed by atoms with van der Waals surface area (Å²) in [6.45, 7) is 3.05. The fourth-order valence-electron chi connectivity index (χ4n) is 4.83. The van der Waals surface area contributed by atoms with Gasteiger partial charge in [0, 0.05) is 44.1 Å². The van der Waals surface area contributed by atoms with Gasteiger partial charge in [0.2, 0.25) is 17.7 Å². The first kappa shape index (κ1) is 21.1. The van der Waals surface area contributed by atoms with Crippen LogP contribution in [-0.2, 0) is 14.4 Å². The molecule has 2 saturated heterocycles. The standard InChI is InChI=1S/C22H29N5O4/c1-14(21(31)26-11-7-15(8-12-26)19(23)29)27-13-10-22(9-6-18(27)28)24-17-5-3-2-4-16(17)20(30)25-22/h2-5,14-15,24H,6-13H2,1H3,(H2,23,29)(H,25,30)/t14-,22+/m0/s1. The molecule has 3 aliphatic rings. The zero-order chi connectivity index (χ0) is 22.2. The van der Waals surface area contributed by atoms with Crippen LogP contribution in [0.25, 0.3) is 0 Å². The Bertz CT molecular complexity index is 911. The van der Waals surface area contributed by atoms with Gasteiger partial charge in [-0.15, -0.1) is 0 Å². The minimum atomic E-state index is -0.710. The summed E-state index contributed by atoms with van der Waals surface area (Å²) in [6, 6.07) is 6.72. The zero-order valence-electron chi connectivity index (χ0n) is 17.7. The lowest BCUT2D eigenvalue weighted by Gasteiger charge is -2.40. The van der Waals surface area contributed by atoms with Gasteiger partial charge in [0.25, 0.3) is 5.91 Å². The molecule has 2 atom stereocenters. The molecule has 3 heterocycles. The highest BCUT2D eigenvalue weighted by Gasteiger charge is 2.42. The van der Waals surface area contributed by atoms with Crippen LogP contribution in [0.2, 0.25) is 0 Å². The lowest BCUT2D eigenvalue weighted by atomic mass is 9.95. The van der Waals surface area contributed by atoms with E-state index in [1.807, 2.05) is 18.2 Å². The molecule has 166 valence electrons. The smallest absolute Gasteiger partial charge is 0.255 e. The van der Waals surface area contributed by atoms with E-state index in [4.69, 9.17) is 5.73 Å². The van der Waals surface area contributed by atoms with Crippen molar-refractivity contribution in [1.82, 2.24) is 15.1 Å². The van der Waals surface area contributed by atoms with Crippen molar-refractivity contribution in [3.63, 3.8) is 0 Å². The zero-order valence-corrected chi connectivity index (χ0v) is 17.7. The molecule has 0 aliphatic carbocycles. The summed E-state index contributed by atoms with van der Waals surface area (Å²) in [5.74, 6) is -0.880. The van der Waals surface area contributed by atoms with Gasteiger partial charge in [-0.25, -0.2) is 0 Å². The van der Waals surface area contributed by atoms with E-state index in [0.717, 1.165) is 5.69 Å². The Hall–Kier alpha value is -3.10. The number of hydrogen-bond acceptors (Lipinski definition) is 5. The second-order valence-electron chi connectivity index (χ2n) is 8.72. The molecule has 4 N–H and O–H groups in total. The first-order valence-electron chi connectivity index (χ1n) is 10.9. The van der Waals surface area contributed by atoms with Crippen molar-refractivity contribution in [2.45, 2.75) is 50.7 Å². The van der Waals surface area contributed by atoms with E-state index in [1.54, 1.807) is 22.8 Å². The Morgan fingerprint density at radius 3 is 2.52 bits per heavy atom. The van der Waals surface area contributed by atoms with Gasteiger partial charge in [0.15, 0.2) is 0 Å². The fourth-order valence-corrected chi connectivity index (χ4v) is 4.83. The Morgan fingerprint density at radius 2 is 1.81 bits per heavy atom. The molecule has 9 nitrogen and oxygen atoms in total. The molecule has 2 fully saturated rings. The van der Waals surface area contributed by atoms with Gasteiger partial charge in [0.05, 0.1) is 5.56 Å². The summed E-state index contributed by atoms with van der Waals surface area (Å²) >= 11 is 0. The van der Waals surface area contributed by atoms with Gasteiger partial charge in [-0.3, -0.25) is 19.2 Å². The monoisotopic (exact) mass is 427 g/mol. The summed E-state index contributed by atoms with van der Waals surface area (Å²) in [6.07, 6.45) is 2.30. The molecule has 31 heavy (non-hydrogen) atoms. The highest BCUT2D eigenvalue weighted by molar-refractivity contribution is 6.02. The predicted molar refractivity (Wildman–Crippen MR) is 114 cm³/mol. The van der Waals surface area contributed by atoms with E-state index in [2.05, 4.69) is 10.6 Å². The van der Waals surface area contributed by atoms with E-state index < -0.39 is 11.7 Å². The number of likely N-dealkylation sites (tertiary alicyclic amines) is 2. The maximum absolute atomic E-state index is 13.0. The number of carbonyl (C=O) groups is 4. The Labute approximate surface area is 181 Å². The third-order valence-corrected chi connectivity index (χ3v) is 6.80. The molecule has 1 aromatic carbocycles. The van der Waals surface area contributed by atoms with Gasteiger partial charge in [-0.1, -0.05) is 12.1 Å². The number of para-hydroxylation sites is 1. The lowest BCUT2D eigenvalue weighted by molar-refractivity contribution is -0.146. The van der Waals surface area contributed by atoms with Crippen LogP contribution in [0.3, 0.4) is 0 Å². The van der Waals surface area contributed by atoms with Crippen LogP contribution in [0, 0.1) is 5.92 Å². The highest BCUT2D eigenvalue weighted by Crippen LogP contribution is 2.32. The second kappa shape index (κ2) is 8.20. The van der Waals surface area contributed by atoms with E-state index in [9.17, 15) is 19.2 Å². The molecule has 0 radical (unpaired) electrons. The van der Waals surface area contributed by atoms with Crippen molar-refractivity contribution in [3.8, 4) is 0 Å². The largest absolute Gasteiger partial charge is 0.369 e. The molecule has 9 heteroatoms. The highest BCUT2D eigenvalue weighted by atomic mass is 16.2. The van der Waals surface area contributed by atoms with Crippen molar-refractivity contribution < 1.29 is 19.2 Å². The summed E-state index contributed by atoms with van der Waals surface area (Å²) in [4.78, 5) is 53.3. The molecular formula is C22H29N5O4. The topological polar surface area (TPSA) is 125 Å². The maximum atomic E-state index is 13.0. The first-order chi connectivity index (χ1) is 14.8. The average Bonchev–Trinajstić information content (AvgIpc) is 2.92. The minimum Gasteiger partial charge on any atom is -0.369 e. The van der Waals surface area contributed by atoms with Crippen molar-refractivity contribution in [1.29, 1.82) is 0 Å². The van der Waals surface area contributed by atoms with Gasteiger partial charge < -0.3 is 26.2 Å². The molecule has 3 aliphatic heterocycles. The molecule has 0 unspecified atom stereocenters. The number of hydrogen-bond donors (Lipinski definition) is 3. The van der Waals surface area contributed by atoms with Crippen LogP contribution in [-0.4, -0.2) is 64.8 Å². The number of nitrogens with two attached hydrogens (primary N) is 1. The summed E-state index contributed by atoms with van der Waals surface area (Å²) < 4.78 is 0. The number of anilines is 1. The average molecular weight is 428 g/mol. The van der Waals surface area contributed by atoms with Crippen LogP contribution in [0.4, 0.5) is 5.69 Å². The van der Waals surface area contributed by atoms with Gasteiger partial charge in [-0.05, 0) is 38.3 Å². The second-order valence-corrected chi connectivity index (χ2v) is 8.72. The van der Waals surface area contributed by atoms with Gasteiger partial charge in [0.1, 0.15) is 11.7 Å². The number of fused-ring (bicyclic) bond motifs is 1. The number of nitrogens with zero attached hydrogens (tertiary/aromatic N) is 2. The van der Waals surface area contributed by atoms with E-state index in [-0.39, 0.29) is 36.0 Å². The number of carbonyl (C=O) groups excluding carboxylic acids is 4. The van der Waals surface area contributed by atoms with Crippen molar-refractivity contribution >= 4 is 29.3 Å². The van der Waals surface area contributed by atoms with Gasteiger partial charge in [-0.2, -0.15) is 0 Å². The van der Waals surface area contributed by atoms with E-state index in [1.165, 1.54) is 0 Å². The van der Waals surface area contributed by atoms with Crippen LogP contribution < -0.4 is 16.4 Å². The van der Waals surface area contributed by atoms with Crippen LogP contribution >= 0.6 is 0 Å². The fraction of sp³-hybridized carbons (Fsp3) is 0.545. The van der Waals surface area contributed by atoms with Crippen molar-refractivity contribution in [2.75, 3.05) is 25.0 Å². The molecule has 4 amide bonds. The lowest BCUT2D eigenvalue weighted by Crippen LogP contribution is -2.58. The maximum Gasteiger partial charge on any atom is 0.255 e. The normalized spacial score (nSPS) is 25.3. The number of piperidine rings is 1. The quantitative estimate of drug-likeness (QED) is 0.654. The summed E-state index contributed by atoms with van der Waals surface area (Å²) in [5.41, 5.74) is 6.01. The summed E-state index contributed by atoms with van der Waals surface area (Å²) in [5, 5.41) is 6.47. The third-order valence-electron chi connectivity index (χ3n) is 6.80. The molecule has 1 spiro atoms. The Kier molecular flexibility index (Phi) is 5.60. The van der Waals surface area contributed by atoms with E-state index in [0.29, 0.717) is 50.9 Å². The van der Waals surface area contributed by atoms with E-state index >= 15 is 0 Å². The Morgan fingerprint density at radius 1 is 1.10 bits per heavy atom. The number of rotatable bonds is 3. The summed E-state index contributed by atoms with van der Waals surface area (Å²) in [7, 11) is 0. The molecule has 0 saturated carbocycles. The first-order valence-corrected chi connectivity index (χ1v) is 10.9. The number of primary amides is 1. The van der Waals surface area contributed by atoms with Crippen LogP contribution in [0.5, 0.6) is 0 Å². The van der Waals surface area contributed by atoms with Crippen LogP contribution in [0.15, 0.2) is 24.3 Å². The van der Waals surface area contributed by atoms with Crippen LogP contribution in [0.1, 0.15) is 49.4 Å². The molecular weight excluding hydrogens is 398 g/mol. The minimum absolute atomic E-state index is 0.0975. The molecule has 0 bridgehead atoms. The SMILES string of the molecule is C[C@@H](C(=O)N1CCC(C(N)=O)CC1)N1CC[C@@]2(CCC1=O)NC(=O)c1ccccc1N2. The molecule has 1 aromatic rings. The van der Waals surface area contributed by atoms with Gasteiger partial charge >= 0.3 is 0 Å².